The number of benzene rings is 2. The van der Waals surface area contributed by atoms with Crippen molar-refractivity contribution in [2.75, 3.05) is 6.54 Å². The lowest BCUT2D eigenvalue weighted by molar-refractivity contribution is -0.0522. The van der Waals surface area contributed by atoms with E-state index in [1.54, 1.807) is 0 Å². The van der Waals surface area contributed by atoms with Gasteiger partial charge in [0.2, 0.25) is 0 Å². The highest BCUT2D eigenvalue weighted by atomic mass is 19.3. The zero-order valence-electron chi connectivity index (χ0n) is 12.4. The van der Waals surface area contributed by atoms with E-state index in [9.17, 15) is 18.3 Å². The van der Waals surface area contributed by atoms with E-state index in [0.717, 1.165) is 11.6 Å². The highest BCUT2D eigenvalue weighted by molar-refractivity contribution is 5.29. The minimum Gasteiger partial charge on any atom is -0.432 e. The van der Waals surface area contributed by atoms with Gasteiger partial charge in [0.1, 0.15) is 0 Å². The van der Waals surface area contributed by atoms with Gasteiger partial charge in [-0.05, 0) is 29.7 Å². The van der Waals surface area contributed by atoms with Gasteiger partial charge in [-0.2, -0.15) is 8.78 Å². The number of alkyl halides is 2. The Morgan fingerprint density at radius 1 is 1.04 bits per heavy atom. The summed E-state index contributed by atoms with van der Waals surface area (Å²) < 4.78 is 41.7. The van der Waals surface area contributed by atoms with Gasteiger partial charge < -0.3 is 15.2 Å². The summed E-state index contributed by atoms with van der Waals surface area (Å²) in [5, 5.41) is 12.9. The van der Waals surface area contributed by atoms with Crippen LogP contribution < -0.4 is 10.1 Å². The number of halogens is 3. The fraction of sp³-hybridized carbons (Fsp3) is 0.294. The van der Waals surface area contributed by atoms with Gasteiger partial charge in [-0.3, -0.25) is 0 Å². The molecule has 0 spiro atoms. The van der Waals surface area contributed by atoms with Crippen LogP contribution in [-0.4, -0.2) is 24.4 Å². The minimum absolute atomic E-state index is 0.317. The Morgan fingerprint density at radius 3 is 2.43 bits per heavy atom. The summed E-state index contributed by atoms with van der Waals surface area (Å²) >= 11 is 0. The van der Waals surface area contributed by atoms with E-state index in [2.05, 4.69) is 10.1 Å². The maximum absolute atomic E-state index is 13.5. The smallest absolute Gasteiger partial charge is 0.387 e. The number of aliphatic hydroxyl groups is 1. The second kappa shape index (κ2) is 8.55. The first-order valence-corrected chi connectivity index (χ1v) is 7.20. The van der Waals surface area contributed by atoms with Gasteiger partial charge in [0.25, 0.3) is 0 Å². The van der Waals surface area contributed by atoms with Crippen molar-refractivity contribution in [1.29, 1.82) is 0 Å². The fourth-order valence-electron chi connectivity index (χ4n) is 2.19. The van der Waals surface area contributed by atoms with E-state index in [1.165, 1.54) is 12.1 Å². The molecule has 0 aliphatic rings. The van der Waals surface area contributed by atoms with Gasteiger partial charge >= 0.3 is 6.61 Å². The molecule has 2 rings (SSSR count). The van der Waals surface area contributed by atoms with Crippen LogP contribution in [0.15, 0.2) is 48.5 Å². The molecule has 0 heterocycles. The molecule has 0 aliphatic heterocycles. The molecule has 3 nitrogen and oxygen atoms in total. The number of ether oxygens (including phenoxy) is 1. The Bertz CT molecular complexity index is 608. The number of hydrogen-bond acceptors (Lipinski definition) is 3. The van der Waals surface area contributed by atoms with Crippen molar-refractivity contribution in [2.45, 2.75) is 25.7 Å². The predicted molar refractivity (Wildman–Crippen MR) is 80.9 cm³/mol. The molecular weight excluding hydrogens is 307 g/mol. The summed E-state index contributed by atoms with van der Waals surface area (Å²) in [4.78, 5) is 0. The monoisotopic (exact) mass is 325 g/mol. The molecule has 0 aliphatic carbocycles. The molecule has 0 bridgehead atoms. The number of rotatable bonds is 8. The Kier molecular flexibility index (Phi) is 6.43. The SMILES string of the molecule is OC(CNCc1ccc(OC(F)F)c(F)c1)Cc1ccccc1. The first-order chi connectivity index (χ1) is 11.0. The fourth-order valence-corrected chi connectivity index (χ4v) is 2.19. The quantitative estimate of drug-likeness (QED) is 0.783. The average molecular weight is 325 g/mol. The highest BCUT2D eigenvalue weighted by Crippen LogP contribution is 2.20. The molecule has 23 heavy (non-hydrogen) atoms. The third-order valence-electron chi connectivity index (χ3n) is 3.24. The molecule has 0 radical (unpaired) electrons. The summed E-state index contributed by atoms with van der Waals surface area (Å²) in [5.41, 5.74) is 1.61. The third kappa shape index (κ3) is 5.92. The van der Waals surface area contributed by atoms with Crippen LogP contribution in [0.1, 0.15) is 11.1 Å². The standard InChI is InChI=1S/C17H18F3NO2/c18-15-9-13(6-7-16(15)23-17(19)20)10-21-11-14(22)8-12-4-2-1-3-5-12/h1-7,9,14,17,21-22H,8,10-11H2. The lowest BCUT2D eigenvalue weighted by Gasteiger charge is -2.12. The van der Waals surface area contributed by atoms with Crippen LogP contribution in [0.2, 0.25) is 0 Å². The van der Waals surface area contributed by atoms with E-state index < -0.39 is 24.3 Å². The lowest BCUT2D eigenvalue weighted by Crippen LogP contribution is -2.28. The molecule has 0 saturated heterocycles. The number of hydrogen-bond donors (Lipinski definition) is 2. The van der Waals surface area contributed by atoms with Crippen molar-refractivity contribution in [2.24, 2.45) is 0 Å². The van der Waals surface area contributed by atoms with E-state index in [4.69, 9.17) is 0 Å². The largest absolute Gasteiger partial charge is 0.432 e. The van der Waals surface area contributed by atoms with Crippen molar-refractivity contribution in [3.05, 3.63) is 65.5 Å². The molecule has 0 aromatic heterocycles. The summed E-state index contributed by atoms with van der Waals surface area (Å²) in [7, 11) is 0. The van der Waals surface area contributed by atoms with E-state index >= 15 is 0 Å². The first kappa shape index (κ1) is 17.3. The Labute approximate surface area is 132 Å². The maximum Gasteiger partial charge on any atom is 0.387 e. The predicted octanol–water partition coefficient (Wildman–Crippen LogP) is 3.12. The Morgan fingerprint density at radius 2 is 1.78 bits per heavy atom. The van der Waals surface area contributed by atoms with Gasteiger partial charge in [0.05, 0.1) is 6.10 Å². The van der Waals surface area contributed by atoms with Gasteiger partial charge in [-0.25, -0.2) is 4.39 Å². The van der Waals surface area contributed by atoms with Crippen molar-refractivity contribution >= 4 is 0 Å². The molecule has 2 aromatic rings. The van der Waals surface area contributed by atoms with Crippen LogP contribution in [0.25, 0.3) is 0 Å². The number of aliphatic hydroxyl groups excluding tert-OH is 1. The molecule has 0 saturated carbocycles. The normalized spacial score (nSPS) is 12.4. The van der Waals surface area contributed by atoms with Crippen molar-refractivity contribution in [1.82, 2.24) is 5.32 Å². The van der Waals surface area contributed by atoms with Crippen LogP contribution in [-0.2, 0) is 13.0 Å². The Balaban J connectivity index is 1.78. The topological polar surface area (TPSA) is 41.5 Å². The number of nitrogens with one attached hydrogen (secondary N) is 1. The van der Waals surface area contributed by atoms with Crippen molar-refractivity contribution in [3.63, 3.8) is 0 Å². The van der Waals surface area contributed by atoms with E-state index in [1.807, 2.05) is 30.3 Å². The second-order valence-corrected chi connectivity index (χ2v) is 5.12. The first-order valence-electron chi connectivity index (χ1n) is 7.20. The maximum atomic E-state index is 13.5. The molecule has 2 aromatic carbocycles. The zero-order chi connectivity index (χ0) is 16.7. The van der Waals surface area contributed by atoms with Crippen LogP contribution in [0.4, 0.5) is 13.2 Å². The highest BCUT2D eigenvalue weighted by Gasteiger charge is 2.10. The van der Waals surface area contributed by atoms with E-state index in [0.29, 0.717) is 25.1 Å². The van der Waals surface area contributed by atoms with Crippen LogP contribution >= 0.6 is 0 Å². The van der Waals surface area contributed by atoms with Gasteiger partial charge in [0.15, 0.2) is 11.6 Å². The van der Waals surface area contributed by atoms with Gasteiger partial charge in [-0.1, -0.05) is 36.4 Å². The van der Waals surface area contributed by atoms with Gasteiger partial charge in [0, 0.05) is 13.1 Å². The van der Waals surface area contributed by atoms with Crippen LogP contribution in [0, 0.1) is 5.82 Å². The molecule has 1 unspecified atom stereocenters. The third-order valence-corrected chi connectivity index (χ3v) is 3.24. The summed E-state index contributed by atoms with van der Waals surface area (Å²) in [6, 6.07) is 13.4. The summed E-state index contributed by atoms with van der Waals surface area (Å²) in [6.07, 6.45) is -0.0488. The van der Waals surface area contributed by atoms with Crippen LogP contribution in [0.3, 0.4) is 0 Å². The molecule has 2 N–H and O–H groups in total. The van der Waals surface area contributed by atoms with Crippen molar-refractivity contribution < 1.29 is 23.0 Å². The molecule has 0 fully saturated rings. The van der Waals surface area contributed by atoms with Crippen LogP contribution in [0.5, 0.6) is 5.75 Å². The summed E-state index contributed by atoms with van der Waals surface area (Å²) in [6.45, 7) is -2.40. The average Bonchev–Trinajstić information content (AvgIpc) is 2.50. The zero-order valence-corrected chi connectivity index (χ0v) is 12.4. The minimum atomic E-state index is -3.05. The Hall–Kier alpha value is -2.05. The van der Waals surface area contributed by atoms with Gasteiger partial charge in [-0.15, -0.1) is 0 Å². The van der Waals surface area contributed by atoms with Crippen molar-refractivity contribution in [3.8, 4) is 5.75 Å². The van der Waals surface area contributed by atoms with E-state index in [-0.39, 0.29) is 0 Å². The second-order valence-electron chi connectivity index (χ2n) is 5.12. The molecular formula is C17H18F3NO2. The summed E-state index contributed by atoms with van der Waals surface area (Å²) in [5.74, 6) is -1.32. The molecule has 1 atom stereocenters. The molecule has 6 heteroatoms. The lowest BCUT2D eigenvalue weighted by atomic mass is 10.1. The molecule has 0 amide bonds. The molecule has 124 valence electrons.